The summed E-state index contributed by atoms with van der Waals surface area (Å²) in [4.78, 5) is 26.6. The molecule has 0 heterocycles. The van der Waals surface area contributed by atoms with E-state index in [4.69, 9.17) is 0 Å². The molecule has 1 fully saturated rings. The summed E-state index contributed by atoms with van der Waals surface area (Å²) in [7, 11) is -3.60. The second kappa shape index (κ2) is 8.77. The topological polar surface area (TPSA) is 102 Å². The van der Waals surface area contributed by atoms with Gasteiger partial charge in [0.05, 0.1) is 4.90 Å². The van der Waals surface area contributed by atoms with Crippen LogP contribution in [0.5, 0.6) is 0 Å². The number of hydrogen-bond donors (Lipinski definition) is 2. The Morgan fingerprint density at radius 2 is 1.92 bits per heavy atom. The van der Waals surface area contributed by atoms with Crippen LogP contribution >= 0.6 is 0 Å². The van der Waals surface area contributed by atoms with Crippen LogP contribution in [0.3, 0.4) is 0 Å². The van der Waals surface area contributed by atoms with Gasteiger partial charge >= 0.3 is 5.97 Å². The van der Waals surface area contributed by atoms with Crippen LogP contribution in [0.1, 0.15) is 44.6 Å². The molecule has 0 spiro atoms. The van der Waals surface area contributed by atoms with E-state index in [1.807, 2.05) is 5.48 Å². The monoisotopic (exact) mass is 366 g/mol. The summed E-state index contributed by atoms with van der Waals surface area (Å²) in [5, 5.41) is 0. The predicted octanol–water partition coefficient (Wildman–Crippen LogP) is 1.91. The molecule has 0 unspecified atom stereocenters. The van der Waals surface area contributed by atoms with Crippen molar-refractivity contribution in [3.8, 4) is 0 Å². The molecule has 0 aliphatic heterocycles. The number of rotatable bonds is 5. The SMILES string of the molecule is CC(=O)ONC(=O)/C=C/c1cccc(S(=O)(=O)NC2CCCCC2)c1. The Balaban J connectivity index is 2.04. The maximum absolute atomic E-state index is 12.5. The standard InChI is InChI=1S/C17H22N2O5S/c1-13(20)24-18-17(21)11-10-14-6-5-9-16(12-14)25(22,23)19-15-7-3-2-4-8-15/h5-6,9-12,15,19H,2-4,7-8H2,1H3,(H,18,21)/b11-10+. The van der Waals surface area contributed by atoms with E-state index >= 15 is 0 Å². The second-order valence-electron chi connectivity index (χ2n) is 5.92. The third-order valence-electron chi connectivity index (χ3n) is 3.82. The quantitative estimate of drug-likeness (QED) is 0.612. The first-order valence-corrected chi connectivity index (χ1v) is 9.63. The minimum absolute atomic E-state index is 0.0209. The summed E-state index contributed by atoms with van der Waals surface area (Å²) >= 11 is 0. The average molecular weight is 366 g/mol. The van der Waals surface area contributed by atoms with Crippen LogP contribution in [0.2, 0.25) is 0 Å². The van der Waals surface area contributed by atoms with Gasteiger partial charge in [-0.15, -0.1) is 0 Å². The van der Waals surface area contributed by atoms with Gasteiger partial charge in [-0.05, 0) is 36.6 Å². The molecule has 0 aromatic heterocycles. The molecule has 1 aromatic carbocycles. The lowest BCUT2D eigenvalue weighted by Crippen LogP contribution is -2.36. The number of amides is 1. The summed E-state index contributed by atoms with van der Waals surface area (Å²) in [6.45, 7) is 1.16. The maximum Gasteiger partial charge on any atom is 0.329 e. The zero-order chi connectivity index (χ0) is 18.3. The lowest BCUT2D eigenvalue weighted by Gasteiger charge is -2.22. The summed E-state index contributed by atoms with van der Waals surface area (Å²) in [5.74, 6) is -1.26. The number of hydroxylamine groups is 1. The molecule has 0 atom stereocenters. The highest BCUT2D eigenvalue weighted by molar-refractivity contribution is 7.89. The van der Waals surface area contributed by atoms with E-state index in [9.17, 15) is 18.0 Å². The number of carbonyl (C=O) groups excluding carboxylic acids is 2. The molecule has 1 saturated carbocycles. The number of sulfonamides is 1. The lowest BCUT2D eigenvalue weighted by molar-refractivity contribution is -0.154. The molecule has 1 aliphatic carbocycles. The van der Waals surface area contributed by atoms with Crippen LogP contribution in [-0.4, -0.2) is 26.3 Å². The van der Waals surface area contributed by atoms with Gasteiger partial charge < -0.3 is 4.84 Å². The molecule has 2 rings (SSSR count). The van der Waals surface area contributed by atoms with Crippen molar-refractivity contribution in [2.45, 2.75) is 50.0 Å². The van der Waals surface area contributed by atoms with E-state index in [1.165, 1.54) is 18.2 Å². The van der Waals surface area contributed by atoms with Crippen molar-refractivity contribution >= 4 is 28.0 Å². The molecule has 0 bridgehead atoms. The fourth-order valence-corrected chi connectivity index (χ4v) is 3.98. The molecule has 1 amide bonds. The van der Waals surface area contributed by atoms with Crippen molar-refractivity contribution < 1.29 is 22.8 Å². The smallest absolute Gasteiger partial charge is 0.329 e. The minimum atomic E-state index is -3.60. The molecule has 8 heteroatoms. The Hall–Kier alpha value is -2.19. The van der Waals surface area contributed by atoms with E-state index in [0.29, 0.717) is 5.56 Å². The second-order valence-corrected chi connectivity index (χ2v) is 7.64. The Labute approximate surface area is 147 Å². The van der Waals surface area contributed by atoms with Crippen molar-refractivity contribution in [1.29, 1.82) is 0 Å². The van der Waals surface area contributed by atoms with Gasteiger partial charge in [-0.25, -0.2) is 13.1 Å². The highest BCUT2D eigenvalue weighted by atomic mass is 32.2. The molecular formula is C17H22N2O5S. The fraction of sp³-hybridized carbons (Fsp3) is 0.412. The van der Waals surface area contributed by atoms with Gasteiger partial charge in [-0.2, -0.15) is 5.48 Å². The molecule has 25 heavy (non-hydrogen) atoms. The summed E-state index contributed by atoms with van der Waals surface area (Å²) < 4.78 is 27.7. The molecule has 0 saturated heterocycles. The van der Waals surface area contributed by atoms with Crippen LogP contribution < -0.4 is 10.2 Å². The molecule has 1 aromatic rings. The van der Waals surface area contributed by atoms with Crippen LogP contribution in [0.25, 0.3) is 6.08 Å². The highest BCUT2D eigenvalue weighted by Gasteiger charge is 2.21. The van der Waals surface area contributed by atoms with Gasteiger partial charge in [0.15, 0.2) is 0 Å². The first-order valence-electron chi connectivity index (χ1n) is 8.15. The average Bonchev–Trinajstić information content (AvgIpc) is 2.59. The number of hydrogen-bond acceptors (Lipinski definition) is 5. The Morgan fingerprint density at radius 3 is 2.60 bits per heavy atom. The molecule has 1 aliphatic rings. The number of nitrogens with one attached hydrogen (secondary N) is 2. The predicted molar refractivity (Wildman–Crippen MR) is 92.6 cm³/mol. The Kier molecular flexibility index (Phi) is 6.72. The molecule has 7 nitrogen and oxygen atoms in total. The fourth-order valence-electron chi connectivity index (χ4n) is 2.62. The zero-order valence-corrected chi connectivity index (χ0v) is 14.8. The Bertz CT molecular complexity index is 752. The minimum Gasteiger partial charge on any atom is -0.341 e. The van der Waals surface area contributed by atoms with Crippen molar-refractivity contribution in [2.24, 2.45) is 0 Å². The normalized spacial score (nSPS) is 15.9. The van der Waals surface area contributed by atoms with Gasteiger partial charge in [-0.3, -0.25) is 9.59 Å². The summed E-state index contributed by atoms with van der Waals surface area (Å²) in [6.07, 6.45) is 7.53. The summed E-state index contributed by atoms with van der Waals surface area (Å²) in [5.41, 5.74) is 2.49. The largest absolute Gasteiger partial charge is 0.341 e. The maximum atomic E-state index is 12.5. The number of carbonyl (C=O) groups is 2. The van der Waals surface area contributed by atoms with Crippen LogP contribution in [0.4, 0.5) is 0 Å². The first kappa shape index (κ1) is 19.1. The Morgan fingerprint density at radius 1 is 1.20 bits per heavy atom. The van der Waals surface area contributed by atoms with E-state index in [0.717, 1.165) is 45.1 Å². The molecule has 0 radical (unpaired) electrons. The van der Waals surface area contributed by atoms with Crippen molar-refractivity contribution in [2.75, 3.05) is 0 Å². The van der Waals surface area contributed by atoms with Gasteiger partial charge in [0.25, 0.3) is 5.91 Å². The molecule has 136 valence electrons. The van der Waals surface area contributed by atoms with Crippen LogP contribution in [-0.2, 0) is 24.4 Å². The summed E-state index contributed by atoms with van der Waals surface area (Å²) in [6, 6.07) is 6.27. The van der Waals surface area contributed by atoms with Crippen molar-refractivity contribution in [1.82, 2.24) is 10.2 Å². The zero-order valence-electron chi connectivity index (χ0n) is 14.0. The van der Waals surface area contributed by atoms with Gasteiger partial charge in [0.2, 0.25) is 10.0 Å². The first-order chi connectivity index (χ1) is 11.9. The van der Waals surface area contributed by atoms with Crippen LogP contribution in [0.15, 0.2) is 35.2 Å². The van der Waals surface area contributed by atoms with E-state index < -0.39 is 21.9 Å². The number of benzene rings is 1. The van der Waals surface area contributed by atoms with Gasteiger partial charge in [-0.1, -0.05) is 31.4 Å². The van der Waals surface area contributed by atoms with Gasteiger partial charge in [0.1, 0.15) is 0 Å². The van der Waals surface area contributed by atoms with E-state index in [-0.39, 0.29) is 10.9 Å². The third-order valence-corrected chi connectivity index (χ3v) is 5.34. The molecule has 2 N–H and O–H groups in total. The lowest BCUT2D eigenvalue weighted by atomic mass is 9.96. The highest BCUT2D eigenvalue weighted by Crippen LogP contribution is 2.20. The third kappa shape index (κ3) is 6.32. The van der Waals surface area contributed by atoms with Crippen LogP contribution in [0, 0.1) is 0 Å². The van der Waals surface area contributed by atoms with Crippen molar-refractivity contribution in [3.63, 3.8) is 0 Å². The van der Waals surface area contributed by atoms with E-state index in [2.05, 4.69) is 9.56 Å². The van der Waals surface area contributed by atoms with Crippen molar-refractivity contribution in [3.05, 3.63) is 35.9 Å². The van der Waals surface area contributed by atoms with E-state index in [1.54, 1.807) is 12.1 Å². The molecular weight excluding hydrogens is 344 g/mol. The van der Waals surface area contributed by atoms with Gasteiger partial charge in [0, 0.05) is 19.0 Å².